The van der Waals surface area contributed by atoms with Crippen molar-refractivity contribution in [3.8, 4) is 5.75 Å². The fraction of sp³-hybridized carbons (Fsp3) is 0.333. The minimum Gasteiger partial charge on any atom is -0.495 e. The molecule has 0 saturated carbocycles. The average molecular weight is 230 g/mol. The summed E-state index contributed by atoms with van der Waals surface area (Å²) in [4.78, 5) is 0.0818. The van der Waals surface area contributed by atoms with Crippen LogP contribution < -0.4 is 15.2 Å². The van der Waals surface area contributed by atoms with Crippen LogP contribution in [0.1, 0.15) is 5.56 Å². The van der Waals surface area contributed by atoms with E-state index in [-0.39, 0.29) is 4.90 Å². The molecule has 84 valence electrons. The summed E-state index contributed by atoms with van der Waals surface area (Å²) in [6, 6.07) is 3.09. The third kappa shape index (κ3) is 2.40. The first-order valence-corrected chi connectivity index (χ1v) is 5.84. The Labute approximate surface area is 89.3 Å². The molecule has 3 N–H and O–H groups in total. The molecular formula is C9H14N2O3S. The van der Waals surface area contributed by atoms with Crippen molar-refractivity contribution in [1.29, 1.82) is 0 Å². The van der Waals surface area contributed by atoms with Crippen molar-refractivity contribution in [1.82, 2.24) is 0 Å². The fourth-order valence-electron chi connectivity index (χ4n) is 1.34. The minimum atomic E-state index is -3.70. The first-order chi connectivity index (χ1) is 6.90. The molecule has 0 aromatic heterocycles. The van der Waals surface area contributed by atoms with Gasteiger partial charge < -0.3 is 10.1 Å². The smallest absolute Gasteiger partial charge is 0.238 e. The molecule has 0 radical (unpaired) electrons. The van der Waals surface area contributed by atoms with Gasteiger partial charge in [0.05, 0.1) is 17.7 Å². The van der Waals surface area contributed by atoms with E-state index >= 15 is 0 Å². The highest BCUT2D eigenvalue weighted by Gasteiger charge is 2.15. The zero-order chi connectivity index (χ0) is 11.6. The van der Waals surface area contributed by atoms with Crippen molar-refractivity contribution in [3.05, 3.63) is 17.7 Å². The van der Waals surface area contributed by atoms with Crippen LogP contribution in [0.4, 0.5) is 5.69 Å². The van der Waals surface area contributed by atoms with Crippen LogP contribution in [-0.4, -0.2) is 22.6 Å². The fourth-order valence-corrected chi connectivity index (χ4v) is 2.12. The van der Waals surface area contributed by atoms with Gasteiger partial charge in [-0.15, -0.1) is 0 Å². The molecule has 0 fully saturated rings. The molecule has 5 nitrogen and oxygen atoms in total. The van der Waals surface area contributed by atoms with Crippen LogP contribution in [0, 0.1) is 6.92 Å². The van der Waals surface area contributed by atoms with E-state index in [0.29, 0.717) is 11.3 Å². The van der Waals surface area contributed by atoms with Crippen LogP contribution in [0.5, 0.6) is 5.75 Å². The molecule has 0 saturated heterocycles. The Morgan fingerprint density at radius 2 is 2.00 bits per heavy atom. The Balaban J connectivity index is 3.46. The van der Waals surface area contributed by atoms with E-state index < -0.39 is 10.0 Å². The summed E-state index contributed by atoms with van der Waals surface area (Å²) < 4.78 is 27.5. The number of hydrogen-bond acceptors (Lipinski definition) is 4. The Morgan fingerprint density at radius 3 is 2.40 bits per heavy atom. The van der Waals surface area contributed by atoms with E-state index in [2.05, 4.69) is 5.32 Å². The van der Waals surface area contributed by atoms with Gasteiger partial charge in [0.25, 0.3) is 0 Å². The number of benzene rings is 1. The SMILES string of the molecule is CNc1cc(C)c(S(N)(=O)=O)cc1OC. The lowest BCUT2D eigenvalue weighted by atomic mass is 10.2. The second-order valence-corrected chi connectivity index (χ2v) is 4.64. The van der Waals surface area contributed by atoms with Crippen molar-refractivity contribution in [2.75, 3.05) is 19.5 Å². The summed E-state index contributed by atoms with van der Waals surface area (Å²) in [5.74, 6) is 0.451. The van der Waals surface area contributed by atoms with Gasteiger partial charge >= 0.3 is 0 Å². The predicted octanol–water partition coefficient (Wildman–Crippen LogP) is 0.693. The van der Waals surface area contributed by atoms with E-state index in [1.807, 2.05) is 0 Å². The highest BCUT2D eigenvalue weighted by atomic mass is 32.2. The number of aryl methyl sites for hydroxylation is 1. The van der Waals surface area contributed by atoms with Gasteiger partial charge in [0.1, 0.15) is 5.75 Å². The second kappa shape index (κ2) is 4.08. The Morgan fingerprint density at radius 1 is 1.40 bits per heavy atom. The number of nitrogens with two attached hydrogens (primary N) is 1. The largest absolute Gasteiger partial charge is 0.495 e. The van der Waals surface area contributed by atoms with Crippen molar-refractivity contribution in [2.45, 2.75) is 11.8 Å². The van der Waals surface area contributed by atoms with Gasteiger partial charge in [-0.1, -0.05) is 0 Å². The normalized spacial score (nSPS) is 11.2. The van der Waals surface area contributed by atoms with E-state index in [9.17, 15) is 8.42 Å². The van der Waals surface area contributed by atoms with Crippen molar-refractivity contribution in [2.24, 2.45) is 5.14 Å². The van der Waals surface area contributed by atoms with Crippen LogP contribution in [0.2, 0.25) is 0 Å². The third-order valence-corrected chi connectivity index (χ3v) is 3.13. The summed E-state index contributed by atoms with van der Waals surface area (Å²) in [6.07, 6.45) is 0. The van der Waals surface area contributed by atoms with Crippen LogP contribution in [0.25, 0.3) is 0 Å². The molecular weight excluding hydrogens is 216 g/mol. The molecule has 0 aliphatic rings. The first kappa shape index (κ1) is 11.8. The van der Waals surface area contributed by atoms with Gasteiger partial charge in [0, 0.05) is 13.1 Å². The number of rotatable bonds is 3. The van der Waals surface area contributed by atoms with E-state index in [0.717, 1.165) is 5.69 Å². The van der Waals surface area contributed by atoms with Gasteiger partial charge in [0.2, 0.25) is 10.0 Å². The predicted molar refractivity (Wildman–Crippen MR) is 58.7 cm³/mol. The third-order valence-electron chi connectivity index (χ3n) is 2.07. The maximum absolute atomic E-state index is 11.2. The molecule has 0 bridgehead atoms. The highest BCUT2D eigenvalue weighted by Crippen LogP contribution is 2.29. The van der Waals surface area contributed by atoms with Crippen LogP contribution in [0.3, 0.4) is 0 Å². The molecule has 0 aliphatic heterocycles. The van der Waals surface area contributed by atoms with Crippen molar-refractivity contribution in [3.63, 3.8) is 0 Å². The van der Waals surface area contributed by atoms with Gasteiger partial charge in [-0.25, -0.2) is 13.6 Å². The molecule has 1 aromatic rings. The number of hydrogen-bond donors (Lipinski definition) is 2. The molecule has 0 amide bonds. The molecule has 15 heavy (non-hydrogen) atoms. The summed E-state index contributed by atoms with van der Waals surface area (Å²) >= 11 is 0. The maximum atomic E-state index is 11.2. The molecule has 0 heterocycles. The van der Waals surface area contributed by atoms with Gasteiger partial charge in [-0.2, -0.15) is 0 Å². The topological polar surface area (TPSA) is 81.4 Å². The van der Waals surface area contributed by atoms with Crippen molar-refractivity contribution < 1.29 is 13.2 Å². The second-order valence-electron chi connectivity index (χ2n) is 3.11. The average Bonchev–Trinajstić information content (AvgIpc) is 2.15. The van der Waals surface area contributed by atoms with Crippen LogP contribution >= 0.6 is 0 Å². The summed E-state index contributed by atoms with van der Waals surface area (Å²) in [6.45, 7) is 1.68. The Kier molecular flexibility index (Phi) is 3.21. The van der Waals surface area contributed by atoms with Gasteiger partial charge in [-0.05, 0) is 18.6 Å². The lowest BCUT2D eigenvalue weighted by Crippen LogP contribution is -2.14. The molecule has 0 atom stereocenters. The first-order valence-electron chi connectivity index (χ1n) is 4.29. The maximum Gasteiger partial charge on any atom is 0.238 e. The monoisotopic (exact) mass is 230 g/mol. The number of nitrogens with one attached hydrogen (secondary N) is 1. The summed E-state index contributed by atoms with van der Waals surface area (Å²) in [5.41, 5.74) is 1.31. The zero-order valence-electron chi connectivity index (χ0n) is 8.87. The lowest BCUT2D eigenvalue weighted by Gasteiger charge is -2.11. The quantitative estimate of drug-likeness (QED) is 0.800. The number of anilines is 1. The minimum absolute atomic E-state index is 0.0818. The number of methoxy groups -OCH3 is 1. The molecule has 1 rings (SSSR count). The Bertz CT molecular complexity index is 468. The zero-order valence-corrected chi connectivity index (χ0v) is 9.68. The van der Waals surface area contributed by atoms with Crippen molar-refractivity contribution >= 4 is 15.7 Å². The summed E-state index contributed by atoms with van der Waals surface area (Å²) in [5, 5.41) is 7.97. The molecule has 0 spiro atoms. The van der Waals surface area contributed by atoms with E-state index in [1.165, 1.54) is 13.2 Å². The highest BCUT2D eigenvalue weighted by molar-refractivity contribution is 7.89. The number of sulfonamides is 1. The summed E-state index contributed by atoms with van der Waals surface area (Å²) in [7, 11) is -0.498. The molecule has 6 heteroatoms. The van der Waals surface area contributed by atoms with E-state index in [1.54, 1.807) is 20.0 Å². The van der Waals surface area contributed by atoms with Crippen LogP contribution in [0.15, 0.2) is 17.0 Å². The number of ether oxygens (including phenoxy) is 1. The van der Waals surface area contributed by atoms with Gasteiger partial charge in [0.15, 0.2) is 0 Å². The molecule has 0 aliphatic carbocycles. The van der Waals surface area contributed by atoms with E-state index in [4.69, 9.17) is 9.88 Å². The molecule has 0 unspecified atom stereocenters. The standard InChI is InChI=1S/C9H14N2O3S/c1-6-4-7(11-2)8(14-3)5-9(6)15(10,12)13/h4-5,11H,1-3H3,(H2,10,12,13). The van der Waals surface area contributed by atoms with Crippen LogP contribution in [-0.2, 0) is 10.0 Å². The number of primary sulfonamides is 1. The Hall–Kier alpha value is -1.27. The lowest BCUT2D eigenvalue weighted by molar-refractivity contribution is 0.415. The van der Waals surface area contributed by atoms with Gasteiger partial charge in [-0.3, -0.25) is 0 Å². The molecule has 1 aromatic carbocycles.